The van der Waals surface area contributed by atoms with E-state index in [0.717, 1.165) is 19.2 Å². The van der Waals surface area contributed by atoms with Crippen LogP contribution in [0, 0.1) is 0 Å². The van der Waals surface area contributed by atoms with Crippen LogP contribution >= 0.6 is 0 Å². The van der Waals surface area contributed by atoms with Crippen molar-refractivity contribution in [3.8, 4) is 0 Å². The van der Waals surface area contributed by atoms with E-state index >= 15 is 0 Å². The molecule has 2 rings (SSSR count). The summed E-state index contributed by atoms with van der Waals surface area (Å²) >= 11 is 0. The highest BCUT2D eigenvalue weighted by Crippen LogP contribution is 2.26. The number of rotatable bonds is 0. The maximum atomic E-state index is 5.41. The molecule has 8 heavy (non-hydrogen) atoms. The molecule has 1 saturated carbocycles. The third-order valence-corrected chi connectivity index (χ3v) is 1.79. The van der Waals surface area contributed by atoms with Crippen LogP contribution in [0.1, 0.15) is 12.8 Å². The molecule has 46 valence electrons. The van der Waals surface area contributed by atoms with Gasteiger partial charge in [0.1, 0.15) is 0 Å². The summed E-state index contributed by atoms with van der Waals surface area (Å²) in [4.78, 5) is 0. The van der Waals surface area contributed by atoms with Crippen LogP contribution in [0.5, 0.6) is 0 Å². The van der Waals surface area contributed by atoms with Crippen molar-refractivity contribution < 1.29 is 4.74 Å². The SMILES string of the molecule is C1CNC2CC2OC1. The third-order valence-electron chi connectivity index (χ3n) is 1.79. The van der Waals surface area contributed by atoms with Gasteiger partial charge in [-0.3, -0.25) is 0 Å². The lowest BCUT2D eigenvalue weighted by Gasteiger charge is -1.94. The zero-order valence-electron chi connectivity index (χ0n) is 4.89. The fourth-order valence-electron chi connectivity index (χ4n) is 1.17. The summed E-state index contributed by atoms with van der Waals surface area (Å²) in [6.07, 6.45) is 3.02. The van der Waals surface area contributed by atoms with Gasteiger partial charge in [-0.05, 0) is 19.4 Å². The molecular formula is C6H11NO. The predicted molar refractivity (Wildman–Crippen MR) is 30.8 cm³/mol. The molecule has 0 amide bonds. The van der Waals surface area contributed by atoms with Crippen molar-refractivity contribution >= 4 is 0 Å². The van der Waals surface area contributed by atoms with Crippen molar-refractivity contribution in [1.82, 2.24) is 5.32 Å². The van der Waals surface area contributed by atoms with Crippen LogP contribution in [0.4, 0.5) is 0 Å². The maximum absolute atomic E-state index is 5.41. The van der Waals surface area contributed by atoms with Gasteiger partial charge in [-0.2, -0.15) is 0 Å². The molecule has 2 nitrogen and oxygen atoms in total. The van der Waals surface area contributed by atoms with Crippen LogP contribution in [0.25, 0.3) is 0 Å². The second-order valence-electron chi connectivity index (χ2n) is 2.56. The van der Waals surface area contributed by atoms with Gasteiger partial charge in [-0.15, -0.1) is 0 Å². The van der Waals surface area contributed by atoms with Crippen molar-refractivity contribution in [2.24, 2.45) is 0 Å². The van der Waals surface area contributed by atoms with E-state index in [1.165, 1.54) is 12.8 Å². The normalized spacial score (nSPS) is 45.0. The minimum Gasteiger partial charge on any atom is -0.376 e. The fourth-order valence-corrected chi connectivity index (χ4v) is 1.17. The van der Waals surface area contributed by atoms with Gasteiger partial charge in [0.25, 0.3) is 0 Å². The first-order chi connectivity index (χ1) is 3.97. The lowest BCUT2D eigenvalue weighted by atomic mass is 10.4. The summed E-state index contributed by atoms with van der Waals surface area (Å²) in [7, 11) is 0. The maximum Gasteiger partial charge on any atom is 0.0744 e. The van der Waals surface area contributed by atoms with Gasteiger partial charge in [0.2, 0.25) is 0 Å². The smallest absolute Gasteiger partial charge is 0.0744 e. The molecule has 1 aliphatic heterocycles. The highest BCUT2D eigenvalue weighted by Gasteiger charge is 2.38. The van der Waals surface area contributed by atoms with Crippen LogP contribution in [-0.2, 0) is 4.74 Å². The van der Waals surface area contributed by atoms with Gasteiger partial charge in [-0.1, -0.05) is 0 Å². The van der Waals surface area contributed by atoms with E-state index in [1.54, 1.807) is 0 Å². The lowest BCUT2D eigenvalue weighted by Crippen LogP contribution is -2.18. The Labute approximate surface area is 49.2 Å². The lowest BCUT2D eigenvalue weighted by molar-refractivity contribution is 0.123. The Bertz CT molecular complexity index is 84.5. The highest BCUT2D eigenvalue weighted by atomic mass is 16.5. The van der Waals surface area contributed by atoms with Gasteiger partial charge < -0.3 is 10.1 Å². The molecule has 0 aromatic carbocycles. The molecule has 1 saturated heterocycles. The molecule has 1 aliphatic carbocycles. The van der Waals surface area contributed by atoms with Crippen LogP contribution in [0.2, 0.25) is 0 Å². The van der Waals surface area contributed by atoms with Crippen molar-refractivity contribution in [2.45, 2.75) is 25.0 Å². The van der Waals surface area contributed by atoms with E-state index in [-0.39, 0.29) is 0 Å². The molecule has 2 aliphatic rings. The van der Waals surface area contributed by atoms with Crippen molar-refractivity contribution in [1.29, 1.82) is 0 Å². The molecule has 0 radical (unpaired) electrons. The molecular weight excluding hydrogens is 102 g/mol. The van der Waals surface area contributed by atoms with Gasteiger partial charge in [-0.25, -0.2) is 0 Å². The van der Waals surface area contributed by atoms with Gasteiger partial charge in [0.15, 0.2) is 0 Å². The van der Waals surface area contributed by atoms with E-state index in [4.69, 9.17) is 4.74 Å². The Morgan fingerprint density at radius 2 is 2.50 bits per heavy atom. The zero-order valence-corrected chi connectivity index (χ0v) is 4.89. The summed E-state index contributed by atoms with van der Waals surface area (Å²) in [5.41, 5.74) is 0. The highest BCUT2D eigenvalue weighted by molar-refractivity contribution is 4.95. The molecule has 1 heterocycles. The second kappa shape index (κ2) is 1.71. The summed E-state index contributed by atoms with van der Waals surface area (Å²) in [6, 6.07) is 0.720. The first kappa shape index (κ1) is 4.77. The molecule has 2 atom stereocenters. The Hall–Kier alpha value is -0.0800. The molecule has 0 bridgehead atoms. The number of fused-ring (bicyclic) bond motifs is 1. The van der Waals surface area contributed by atoms with E-state index in [0.29, 0.717) is 6.10 Å². The quantitative estimate of drug-likeness (QED) is 0.482. The number of hydrogen-bond acceptors (Lipinski definition) is 2. The summed E-state index contributed by atoms with van der Waals surface area (Å²) in [5, 5.41) is 3.39. The van der Waals surface area contributed by atoms with Crippen molar-refractivity contribution in [3.05, 3.63) is 0 Å². The summed E-state index contributed by atoms with van der Waals surface area (Å²) in [6.45, 7) is 2.12. The van der Waals surface area contributed by atoms with Gasteiger partial charge in [0.05, 0.1) is 6.10 Å². The zero-order chi connectivity index (χ0) is 5.40. The molecule has 2 fully saturated rings. The van der Waals surface area contributed by atoms with Crippen LogP contribution in [0.3, 0.4) is 0 Å². The standard InChI is InChI=1S/C6H11NO/c1-2-7-5-4-6(5)8-3-1/h5-7H,1-4H2. The van der Waals surface area contributed by atoms with E-state index in [9.17, 15) is 0 Å². The molecule has 2 heteroatoms. The van der Waals surface area contributed by atoms with E-state index in [2.05, 4.69) is 5.32 Å². The minimum atomic E-state index is 0.581. The number of nitrogens with one attached hydrogen (secondary N) is 1. The largest absolute Gasteiger partial charge is 0.376 e. The fraction of sp³-hybridized carbons (Fsp3) is 1.00. The molecule has 2 unspecified atom stereocenters. The summed E-state index contributed by atoms with van der Waals surface area (Å²) < 4.78 is 5.41. The monoisotopic (exact) mass is 113 g/mol. The Morgan fingerprint density at radius 1 is 1.50 bits per heavy atom. The Kier molecular flexibility index (Phi) is 1.02. The second-order valence-corrected chi connectivity index (χ2v) is 2.56. The van der Waals surface area contributed by atoms with E-state index < -0.39 is 0 Å². The Balaban J connectivity index is 1.89. The average Bonchev–Trinajstić information content (AvgIpc) is 2.36. The first-order valence-corrected chi connectivity index (χ1v) is 3.32. The molecule has 0 aromatic heterocycles. The van der Waals surface area contributed by atoms with Crippen molar-refractivity contribution in [3.63, 3.8) is 0 Å². The van der Waals surface area contributed by atoms with Gasteiger partial charge in [0, 0.05) is 12.6 Å². The number of hydrogen-bond donors (Lipinski definition) is 1. The van der Waals surface area contributed by atoms with Gasteiger partial charge >= 0.3 is 0 Å². The Morgan fingerprint density at radius 3 is 3.50 bits per heavy atom. The molecule has 1 N–H and O–H groups in total. The number of ether oxygens (including phenoxy) is 1. The van der Waals surface area contributed by atoms with Crippen LogP contribution < -0.4 is 5.32 Å². The minimum absolute atomic E-state index is 0.581. The topological polar surface area (TPSA) is 21.3 Å². The van der Waals surface area contributed by atoms with Crippen LogP contribution in [0.15, 0.2) is 0 Å². The summed E-state index contributed by atoms with van der Waals surface area (Å²) in [5.74, 6) is 0. The molecule has 0 spiro atoms. The predicted octanol–water partition coefficient (Wildman–Crippen LogP) is 0.137. The average molecular weight is 113 g/mol. The molecule has 0 aromatic rings. The van der Waals surface area contributed by atoms with Crippen LogP contribution in [-0.4, -0.2) is 25.3 Å². The first-order valence-electron chi connectivity index (χ1n) is 3.32. The van der Waals surface area contributed by atoms with E-state index in [1.807, 2.05) is 0 Å². The third kappa shape index (κ3) is 0.740. The van der Waals surface area contributed by atoms with Crippen molar-refractivity contribution in [2.75, 3.05) is 13.2 Å².